The first-order valence-electron chi connectivity index (χ1n) is 4.87. The maximum atomic E-state index is 9.12. The number of hydrogen-bond donors (Lipinski definition) is 0. The van der Waals surface area contributed by atoms with Gasteiger partial charge in [0.25, 0.3) is 0 Å². The number of rotatable bonds is 1. The molecule has 0 bridgehead atoms. The van der Waals surface area contributed by atoms with E-state index in [4.69, 9.17) is 16.9 Å². The maximum Gasteiger partial charge on any atom is 0.103 e. The summed E-state index contributed by atoms with van der Waals surface area (Å²) in [5.41, 5.74) is 1.52. The molecule has 1 aromatic rings. The van der Waals surface area contributed by atoms with Crippen molar-refractivity contribution in [2.24, 2.45) is 0 Å². The summed E-state index contributed by atoms with van der Waals surface area (Å²) in [4.78, 5) is 2.19. The molecule has 1 saturated heterocycles. The molecule has 1 heterocycles. The lowest BCUT2D eigenvalue weighted by Gasteiger charge is -2.20. The zero-order valence-electron chi connectivity index (χ0n) is 8.13. The van der Waals surface area contributed by atoms with Crippen LogP contribution in [0.2, 0.25) is 5.02 Å². The van der Waals surface area contributed by atoms with Gasteiger partial charge in [0, 0.05) is 17.6 Å². The molecule has 15 heavy (non-hydrogen) atoms. The molecule has 0 amide bonds. The number of anilines is 1. The molecular formula is C11H10BrClN2. The van der Waals surface area contributed by atoms with Crippen molar-refractivity contribution in [1.29, 1.82) is 5.26 Å². The van der Waals surface area contributed by atoms with Crippen LogP contribution in [0.15, 0.2) is 16.6 Å². The number of benzene rings is 1. The summed E-state index contributed by atoms with van der Waals surface area (Å²) in [6.07, 6.45) is 2.35. The largest absolute Gasteiger partial charge is 0.369 e. The first-order chi connectivity index (χ1) is 7.24. The third-order valence-electron chi connectivity index (χ3n) is 2.61. The van der Waals surface area contributed by atoms with Gasteiger partial charge in [-0.1, -0.05) is 11.6 Å². The van der Waals surface area contributed by atoms with E-state index in [0.717, 1.165) is 23.2 Å². The summed E-state index contributed by atoms with van der Waals surface area (Å²) < 4.78 is 0.816. The molecule has 2 nitrogen and oxygen atoms in total. The monoisotopic (exact) mass is 284 g/mol. The molecule has 1 aromatic carbocycles. The van der Waals surface area contributed by atoms with Crippen molar-refractivity contribution < 1.29 is 0 Å². The van der Waals surface area contributed by atoms with Crippen molar-refractivity contribution in [2.75, 3.05) is 18.0 Å². The van der Waals surface area contributed by atoms with Crippen molar-refractivity contribution in [2.45, 2.75) is 12.8 Å². The molecule has 0 saturated carbocycles. The lowest BCUT2D eigenvalue weighted by Crippen LogP contribution is -2.19. The minimum Gasteiger partial charge on any atom is -0.369 e. The van der Waals surface area contributed by atoms with Gasteiger partial charge in [0.15, 0.2) is 0 Å². The van der Waals surface area contributed by atoms with Gasteiger partial charge in [0.2, 0.25) is 0 Å². The Balaban J connectivity index is 2.52. The Morgan fingerprint density at radius 2 is 2.00 bits per heavy atom. The highest BCUT2D eigenvalue weighted by atomic mass is 79.9. The molecular weight excluding hydrogens is 275 g/mol. The van der Waals surface area contributed by atoms with E-state index in [0.29, 0.717) is 10.6 Å². The lowest BCUT2D eigenvalue weighted by molar-refractivity contribution is 0.949. The van der Waals surface area contributed by atoms with E-state index in [1.807, 2.05) is 12.1 Å². The van der Waals surface area contributed by atoms with Crippen LogP contribution in [-0.2, 0) is 0 Å². The Bertz CT molecular complexity index is 419. The van der Waals surface area contributed by atoms with Crippen molar-refractivity contribution in [3.8, 4) is 6.07 Å². The van der Waals surface area contributed by atoms with Gasteiger partial charge in [-0.15, -0.1) is 0 Å². The average molecular weight is 286 g/mol. The molecule has 1 aliphatic rings. The van der Waals surface area contributed by atoms with Crippen LogP contribution >= 0.6 is 27.5 Å². The molecule has 0 aliphatic carbocycles. The molecule has 78 valence electrons. The Kier molecular flexibility index (Phi) is 3.18. The van der Waals surface area contributed by atoms with Gasteiger partial charge in [-0.05, 0) is 40.9 Å². The van der Waals surface area contributed by atoms with Gasteiger partial charge in [-0.25, -0.2) is 0 Å². The second-order valence-electron chi connectivity index (χ2n) is 3.56. The highest BCUT2D eigenvalue weighted by molar-refractivity contribution is 9.10. The van der Waals surface area contributed by atoms with Gasteiger partial charge < -0.3 is 4.90 Å². The fraction of sp³-hybridized carbons (Fsp3) is 0.364. The minimum atomic E-state index is 0.643. The summed E-state index contributed by atoms with van der Waals surface area (Å²) >= 11 is 9.53. The molecule has 1 fully saturated rings. The predicted molar refractivity (Wildman–Crippen MR) is 65.3 cm³/mol. The summed E-state index contributed by atoms with van der Waals surface area (Å²) in [5, 5.41) is 9.78. The molecule has 2 rings (SSSR count). The van der Waals surface area contributed by atoms with E-state index in [9.17, 15) is 0 Å². The second kappa shape index (κ2) is 4.42. The number of nitriles is 1. The third-order valence-corrected chi connectivity index (χ3v) is 3.58. The molecule has 1 aliphatic heterocycles. The standard InChI is InChI=1S/C11H10BrClN2/c12-9-3-4-10(13)11(8(9)7-14)15-5-1-2-6-15/h3-4H,1-2,5-6H2. The Morgan fingerprint density at radius 3 is 2.60 bits per heavy atom. The first kappa shape index (κ1) is 10.8. The number of hydrogen-bond acceptors (Lipinski definition) is 2. The summed E-state index contributed by atoms with van der Waals surface area (Å²) in [7, 11) is 0. The van der Waals surface area contributed by atoms with Crippen LogP contribution in [0, 0.1) is 11.3 Å². The zero-order valence-corrected chi connectivity index (χ0v) is 10.5. The molecule has 0 radical (unpaired) electrons. The molecule has 0 atom stereocenters. The van der Waals surface area contributed by atoms with Crippen LogP contribution in [0.1, 0.15) is 18.4 Å². The highest BCUT2D eigenvalue weighted by Crippen LogP contribution is 2.36. The second-order valence-corrected chi connectivity index (χ2v) is 4.82. The van der Waals surface area contributed by atoms with Crippen LogP contribution in [0.5, 0.6) is 0 Å². The SMILES string of the molecule is N#Cc1c(Br)ccc(Cl)c1N1CCCC1. The Labute approximate surface area is 103 Å². The predicted octanol–water partition coefficient (Wildman–Crippen LogP) is 3.57. The molecule has 0 aromatic heterocycles. The number of halogens is 2. The van der Waals surface area contributed by atoms with Crippen molar-refractivity contribution >= 4 is 33.2 Å². The van der Waals surface area contributed by atoms with Gasteiger partial charge in [0.1, 0.15) is 6.07 Å². The van der Waals surface area contributed by atoms with E-state index in [1.54, 1.807) is 0 Å². The minimum absolute atomic E-state index is 0.643. The molecule has 0 unspecified atom stereocenters. The summed E-state index contributed by atoms with van der Waals surface area (Å²) in [6.45, 7) is 1.98. The van der Waals surface area contributed by atoms with Crippen LogP contribution < -0.4 is 4.90 Å². The van der Waals surface area contributed by atoms with Crippen molar-refractivity contribution in [1.82, 2.24) is 0 Å². The van der Waals surface area contributed by atoms with Gasteiger partial charge in [-0.2, -0.15) is 5.26 Å². The molecule has 0 spiro atoms. The van der Waals surface area contributed by atoms with E-state index in [1.165, 1.54) is 12.8 Å². The fourth-order valence-electron chi connectivity index (χ4n) is 1.90. The average Bonchev–Trinajstić information content (AvgIpc) is 2.74. The van der Waals surface area contributed by atoms with Crippen LogP contribution in [0.25, 0.3) is 0 Å². The van der Waals surface area contributed by atoms with E-state index < -0.39 is 0 Å². The van der Waals surface area contributed by atoms with Crippen LogP contribution in [0.3, 0.4) is 0 Å². The normalized spacial score (nSPS) is 15.4. The first-order valence-corrected chi connectivity index (χ1v) is 6.04. The van der Waals surface area contributed by atoms with Gasteiger partial charge in [-0.3, -0.25) is 0 Å². The van der Waals surface area contributed by atoms with Crippen LogP contribution in [0.4, 0.5) is 5.69 Å². The maximum absolute atomic E-state index is 9.12. The van der Waals surface area contributed by atoms with E-state index >= 15 is 0 Å². The van der Waals surface area contributed by atoms with Crippen molar-refractivity contribution in [3.63, 3.8) is 0 Å². The van der Waals surface area contributed by atoms with Gasteiger partial charge >= 0.3 is 0 Å². The Hall–Kier alpha value is -0.720. The lowest BCUT2D eigenvalue weighted by atomic mass is 10.2. The van der Waals surface area contributed by atoms with Crippen LogP contribution in [-0.4, -0.2) is 13.1 Å². The van der Waals surface area contributed by atoms with E-state index in [2.05, 4.69) is 26.9 Å². The smallest absolute Gasteiger partial charge is 0.103 e. The summed E-state index contributed by atoms with van der Waals surface area (Å²) in [6, 6.07) is 5.86. The van der Waals surface area contributed by atoms with Crippen molar-refractivity contribution in [3.05, 3.63) is 27.2 Å². The van der Waals surface area contributed by atoms with Gasteiger partial charge in [0.05, 0.1) is 16.3 Å². The molecule has 4 heteroatoms. The molecule has 0 N–H and O–H groups in total. The summed E-state index contributed by atoms with van der Waals surface area (Å²) in [5.74, 6) is 0. The Morgan fingerprint density at radius 1 is 1.33 bits per heavy atom. The number of nitrogens with zero attached hydrogens (tertiary/aromatic N) is 2. The topological polar surface area (TPSA) is 27.0 Å². The quantitative estimate of drug-likeness (QED) is 0.788. The highest BCUT2D eigenvalue weighted by Gasteiger charge is 2.20. The zero-order chi connectivity index (χ0) is 10.8. The van der Waals surface area contributed by atoms with E-state index in [-0.39, 0.29) is 0 Å². The third kappa shape index (κ3) is 1.97. The fourth-order valence-corrected chi connectivity index (χ4v) is 2.58.